The highest BCUT2D eigenvalue weighted by Crippen LogP contribution is 2.35. The van der Waals surface area contributed by atoms with E-state index in [2.05, 4.69) is 15.3 Å². The number of nitrogens with one attached hydrogen (secondary N) is 1. The number of nitrogens with zero attached hydrogens (tertiary/aromatic N) is 2. The first-order valence-electron chi connectivity index (χ1n) is 7.48. The standard InChI is InChI=1S/C17H17FN4OS/c1-17(7-8-24-16(19)22-17)11-3-2-4-13(9-11)21-15(23)14-6-5-12(18)10-20-14/h2-6,9-10H,7-8H2,1H3,(H2,19,22)(H,21,23). The maximum atomic E-state index is 12.9. The third-order valence-corrected chi connectivity index (χ3v) is 4.69. The molecule has 2 aromatic rings. The Kier molecular flexibility index (Phi) is 4.53. The zero-order chi connectivity index (χ0) is 17.2. The molecule has 1 aliphatic rings. The number of anilines is 1. The number of carbonyl (C=O) groups is 1. The van der Waals surface area contributed by atoms with Gasteiger partial charge in [0.25, 0.3) is 5.91 Å². The van der Waals surface area contributed by atoms with Crippen molar-refractivity contribution in [3.8, 4) is 0 Å². The fraction of sp³-hybridized carbons (Fsp3) is 0.235. The fourth-order valence-corrected chi connectivity index (χ4v) is 3.51. The maximum absolute atomic E-state index is 12.9. The normalized spacial score (nSPS) is 20.3. The van der Waals surface area contributed by atoms with Crippen molar-refractivity contribution in [1.29, 1.82) is 0 Å². The van der Waals surface area contributed by atoms with Crippen LogP contribution in [0, 0.1) is 5.82 Å². The summed E-state index contributed by atoms with van der Waals surface area (Å²) in [4.78, 5) is 20.5. The summed E-state index contributed by atoms with van der Waals surface area (Å²) < 4.78 is 12.9. The van der Waals surface area contributed by atoms with Gasteiger partial charge in [-0.15, -0.1) is 0 Å². The monoisotopic (exact) mass is 344 g/mol. The van der Waals surface area contributed by atoms with Gasteiger partial charge in [-0.05, 0) is 43.2 Å². The van der Waals surface area contributed by atoms with Crippen molar-refractivity contribution in [1.82, 2.24) is 4.98 Å². The molecular formula is C17H17FN4OS. The number of pyridine rings is 1. The lowest BCUT2D eigenvalue weighted by Crippen LogP contribution is -2.28. The minimum Gasteiger partial charge on any atom is -0.379 e. The van der Waals surface area contributed by atoms with Gasteiger partial charge in [-0.2, -0.15) is 0 Å². The molecule has 7 heteroatoms. The second-order valence-corrected chi connectivity index (χ2v) is 6.83. The number of benzene rings is 1. The number of aromatic nitrogens is 1. The summed E-state index contributed by atoms with van der Waals surface area (Å²) >= 11 is 1.55. The third kappa shape index (κ3) is 3.56. The molecule has 24 heavy (non-hydrogen) atoms. The van der Waals surface area contributed by atoms with Crippen LogP contribution in [0.4, 0.5) is 10.1 Å². The molecule has 1 aliphatic heterocycles. The molecule has 124 valence electrons. The van der Waals surface area contributed by atoms with Crippen molar-refractivity contribution in [2.75, 3.05) is 11.1 Å². The van der Waals surface area contributed by atoms with E-state index >= 15 is 0 Å². The van der Waals surface area contributed by atoms with Crippen LogP contribution in [0.5, 0.6) is 0 Å². The summed E-state index contributed by atoms with van der Waals surface area (Å²) in [5.74, 6) is 0.0358. The van der Waals surface area contributed by atoms with E-state index in [9.17, 15) is 9.18 Å². The molecule has 1 amide bonds. The van der Waals surface area contributed by atoms with E-state index in [4.69, 9.17) is 5.73 Å². The molecule has 1 aromatic heterocycles. The molecule has 1 unspecified atom stereocenters. The van der Waals surface area contributed by atoms with Gasteiger partial charge in [0.15, 0.2) is 5.17 Å². The van der Waals surface area contributed by atoms with Gasteiger partial charge in [0, 0.05) is 11.4 Å². The Morgan fingerprint density at radius 2 is 2.21 bits per heavy atom. The van der Waals surface area contributed by atoms with Crippen molar-refractivity contribution in [2.24, 2.45) is 10.7 Å². The van der Waals surface area contributed by atoms with E-state index in [1.807, 2.05) is 25.1 Å². The number of hydrogen-bond donors (Lipinski definition) is 2. The van der Waals surface area contributed by atoms with Gasteiger partial charge in [-0.3, -0.25) is 9.79 Å². The Balaban J connectivity index is 1.82. The highest BCUT2D eigenvalue weighted by Gasteiger charge is 2.29. The Bertz CT molecular complexity index is 793. The van der Waals surface area contributed by atoms with Crippen LogP contribution in [0.2, 0.25) is 0 Å². The molecule has 3 N–H and O–H groups in total. The lowest BCUT2D eigenvalue weighted by Gasteiger charge is -2.30. The first-order valence-corrected chi connectivity index (χ1v) is 8.46. The summed E-state index contributed by atoms with van der Waals surface area (Å²) in [6, 6.07) is 10.1. The van der Waals surface area contributed by atoms with E-state index < -0.39 is 11.4 Å². The van der Waals surface area contributed by atoms with Crippen LogP contribution in [0.3, 0.4) is 0 Å². The number of hydrogen-bond acceptors (Lipinski definition) is 5. The SMILES string of the molecule is CC1(c2cccc(NC(=O)c3ccc(F)cn3)c2)CCSC(N)=N1. The minimum atomic E-state index is -0.480. The molecule has 1 aromatic carbocycles. The van der Waals surface area contributed by atoms with Crippen LogP contribution < -0.4 is 11.1 Å². The zero-order valence-electron chi connectivity index (χ0n) is 13.1. The Hall–Kier alpha value is -2.41. The summed E-state index contributed by atoms with van der Waals surface area (Å²) in [5.41, 5.74) is 7.24. The van der Waals surface area contributed by atoms with Gasteiger partial charge < -0.3 is 11.1 Å². The molecule has 0 saturated carbocycles. The van der Waals surface area contributed by atoms with Crippen LogP contribution in [0.1, 0.15) is 29.4 Å². The average molecular weight is 344 g/mol. The topological polar surface area (TPSA) is 80.4 Å². The van der Waals surface area contributed by atoms with Crippen molar-refractivity contribution in [2.45, 2.75) is 18.9 Å². The van der Waals surface area contributed by atoms with Crippen molar-refractivity contribution < 1.29 is 9.18 Å². The van der Waals surface area contributed by atoms with Gasteiger partial charge in [0.1, 0.15) is 11.5 Å². The molecule has 1 atom stereocenters. The Labute approximate surface area is 143 Å². The van der Waals surface area contributed by atoms with Crippen LogP contribution >= 0.6 is 11.8 Å². The van der Waals surface area contributed by atoms with Gasteiger partial charge >= 0.3 is 0 Å². The first-order chi connectivity index (χ1) is 11.5. The summed E-state index contributed by atoms with van der Waals surface area (Å²) in [7, 11) is 0. The molecule has 0 fully saturated rings. The minimum absolute atomic E-state index is 0.157. The average Bonchev–Trinajstić information content (AvgIpc) is 2.55. The van der Waals surface area contributed by atoms with E-state index in [-0.39, 0.29) is 11.6 Å². The number of amidine groups is 1. The quantitative estimate of drug-likeness (QED) is 0.896. The van der Waals surface area contributed by atoms with Crippen LogP contribution in [0.25, 0.3) is 0 Å². The number of rotatable bonds is 3. The van der Waals surface area contributed by atoms with Crippen molar-refractivity contribution in [3.05, 3.63) is 59.7 Å². The highest BCUT2D eigenvalue weighted by molar-refractivity contribution is 8.13. The summed E-state index contributed by atoms with van der Waals surface area (Å²) in [5, 5.41) is 3.35. The molecular weight excluding hydrogens is 327 g/mol. The predicted molar refractivity (Wildman–Crippen MR) is 94.6 cm³/mol. The maximum Gasteiger partial charge on any atom is 0.274 e. The van der Waals surface area contributed by atoms with E-state index in [0.29, 0.717) is 10.9 Å². The lowest BCUT2D eigenvalue weighted by molar-refractivity contribution is 0.102. The second kappa shape index (κ2) is 6.60. The van der Waals surface area contributed by atoms with E-state index in [1.54, 1.807) is 17.8 Å². The van der Waals surface area contributed by atoms with Gasteiger partial charge in [0.05, 0.1) is 11.7 Å². The molecule has 3 rings (SSSR count). The Morgan fingerprint density at radius 3 is 2.92 bits per heavy atom. The molecule has 0 radical (unpaired) electrons. The number of amides is 1. The van der Waals surface area contributed by atoms with E-state index in [1.165, 1.54) is 12.1 Å². The number of nitrogens with two attached hydrogens (primary N) is 1. The first kappa shape index (κ1) is 16.4. The molecule has 0 spiro atoms. The lowest BCUT2D eigenvalue weighted by atomic mass is 9.89. The van der Waals surface area contributed by atoms with Gasteiger partial charge in [-0.1, -0.05) is 23.9 Å². The van der Waals surface area contributed by atoms with E-state index in [0.717, 1.165) is 23.9 Å². The molecule has 2 heterocycles. The largest absolute Gasteiger partial charge is 0.379 e. The Morgan fingerprint density at radius 1 is 1.38 bits per heavy atom. The number of carbonyl (C=O) groups excluding carboxylic acids is 1. The fourth-order valence-electron chi connectivity index (χ4n) is 2.53. The molecule has 5 nitrogen and oxygen atoms in total. The number of halogens is 1. The van der Waals surface area contributed by atoms with Crippen LogP contribution in [0.15, 0.2) is 47.6 Å². The van der Waals surface area contributed by atoms with Gasteiger partial charge in [0.2, 0.25) is 0 Å². The summed E-state index contributed by atoms with van der Waals surface area (Å²) in [6.07, 6.45) is 1.89. The zero-order valence-corrected chi connectivity index (χ0v) is 13.9. The molecule has 0 bridgehead atoms. The number of aliphatic imine (C=N–C) groups is 1. The molecule has 0 aliphatic carbocycles. The van der Waals surface area contributed by atoms with Gasteiger partial charge in [-0.25, -0.2) is 9.37 Å². The highest BCUT2D eigenvalue weighted by atomic mass is 32.2. The smallest absolute Gasteiger partial charge is 0.274 e. The summed E-state index contributed by atoms with van der Waals surface area (Å²) in [6.45, 7) is 2.03. The van der Waals surface area contributed by atoms with Crippen molar-refractivity contribution in [3.63, 3.8) is 0 Å². The number of thioether (sulfide) groups is 1. The predicted octanol–water partition coefficient (Wildman–Crippen LogP) is 3.14. The van der Waals surface area contributed by atoms with Crippen LogP contribution in [-0.2, 0) is 5.54 Å². The van der Waals surface area contributed by atoms with Crippen molar-refractivity contribution >= 4 is 28.5 Å². The third-order valence-electron chi connectivity index (χ3n) is 3.90. The van der Waals surface area contributed by atoms with Crippen LogP contribution in [-0.4, -0.2) is 21.8 Å². The molecule has 0 saturated heterocycles. The second-order valence-electron chi connectivity index (χ2n) is 5.72.